The maximum Gasteiger partial charge on any atom is 0.344 e. The van der Waals surface area contributed by atoms with E-state index in [1.807, 2.05) is 13.8 Å². The van der Waals surface area contributed by atoms with Gasteiger partial charge < -0.3 is 14.6 Å². The van der Waals surface area contributed by atoms with Gasteiger partial charge in [-0.05, 0) is 44.5 Å². The molecule has 0 spiro atoms. The molecule has 0 saturated carbocycles. The fraction of sp³-hybridized carbons (Fsp3) is 0.333. The first-order chi connectivity index (χ1) is 17.1. The highest BCUT2D eigenvalue weighted by Gasteiger charge is 2.26. The normalized spacial score (nSPS) is 13.0. The van der Waals surface area contributed by atoms with E-state index < -0.39 is 22.7 Å². The van der Waals surface area contributed by atoms with Crippen molar-refractivity contribution in [2.75, 3.05) is 6.61 Å². The third-order valence-corrected chi connectivity index (χ3v) is 5.90. The summed E-state index contributed by atoms with van der Waals surface area (Å²) in [5.41, 5.74) is -0.0988. The highest BCUT2D eigenvalue weighted by atomic mass is 79.9. The van der Waals surface area contributed by atoms with Crippen molar-refractivity contribution in [1.82, 2.24) is 9.66 Å². The Hall–Kier alpha value is -3.80. The van der Waals surface area contributed by atoms with Crippen LogP contribution < -0.4 is 15.0 Å². The molecule has 0 aliphatic heterocycles. The van der Waals surface area contributed by atoms with Crippen molar-refractivity contribution in [3.8, 4) is 11.5 Å². The Morgan fingerprint density at radius 1 is 1.31 bits per heavy atom. The van der Waals surface area contributed by atoms with Gasteiger partial charge >= 0.3 is 11.7 Å². The van der Waals surface area contributed by atoms with Crippen molar-refractivity contribution in [1.29, 1.82) is 0 Å². The summed E-state index contributed by atoms with van der Waals surface area (Å²) >= 11 is 3.36. The minimum Gasteiger partial charge on any atom is -0.490 e. The standard InChI is InChI=1S/C24H25BrN4O7/c1-5-13(3)22-27-18-8-7-16(25)11-17(18)23(30)28(22)26-12-15-9-19(29(33)34)21(20(10-15)35-6-2)36-14(4)24(31)32/h7-14H,5-6H2,1-4H3,(H,31,32)/t13-,14-/m1/s1. The van der Waals surface area contributed by atoms with E-state index in [1.54, 1.807) is 25.1 Å². The molecule has 12 heteroatoms. The Morgan fingerprint density at radius 3 is 2.64 bits per heavy atom. The fourth-order valence-corrected chi connectivity index (χ4v) is 3.69. The minimum absolute atomic E-state index is 0.0173. The van der Waals surface area contributed by atoms with Gasteiger partial charge in [0.05, 0.1) is 28.6 Å². The van der Waals surface area contributed by atoms with Gasteiger partial charge in [0.15, 0.2) is 11.9 Å². The molecule has 0 aliphatic rings. The number of rotatable bonds is 10. The number of nitrogens with zero attached hydrogens (tertiary/aromatic N) is 4. The van der Waals surface area contributed by atoms with Crippen LogP contribution in [-0.2, 0) is 4.79 Å². The number of fused-ring (bicyclic) bond motifs is 1. The number of aliphatic carboxylic acids is 1. The van der Waals surface area contributed by atoms with Crippen LogP contribution in [-0.4, -0.2) is 44.6 Å². The summed E-state index contributed by atoms with van der Waals surface area (Å²) in [7, 11) is 0. The zero-order chi connectivity index (χ0) is 26.6. The van der Waals surface area contributed by atoms with Gasteiger partial charge in [-0.25, -0.2) is 9.78 Å². The highest BCUT2D eigenvalue weighted by molar-refractivity contribution is 9.10. The summed E-state index contributed by atoms with van der Waals surface area (Å²) in [5, 5.41) is 25.6. The second-order valence-corrected chi connectivity index (χ2v) is 8.87. The van der Waals surface area contributed by atoms with Crippen molar-refractivity contribution in [3.63, 3.8) is 0 Å². The molecule has 0 unspecified atom stereocenters. The molecule has 36 heavy (non-hydrogen) atoms. The molecule has 1 N–H and O–H groups in total. The summed E-state index contributed by atoms with van der Waals surface area (Å²) < 4.78 is 12.7. The van der Waals surface area contributed by atoms with Crippen LogP contribution in [0.5, 0.6) is 11.5 Å². The Kier molecular flexibility index (Phi) is 8.41. The SMILES string of the molecule is CCOc1cc(C=Nn2c([C@H](C)CC)nc3ccc(Br)cc3c2=O)cc([N+](=O)[O-])c1O[C@H](C)C(=O)O. The third kappa shape index (κ3) is 5.70. The van der Waals surface area contributed by atoms with Gasteiger partial charge in [0.25, 0.3) is 5.56 Å². The lowest BCUT2D eigenvalue weighted by Gasteiger charge is -2.16. The van der Waals surface area contributed by atoms with Crippen molar-refractivity contribution in [3.05, 3.63) is 66.7 Å². The van der Waals surface area contributed by atoms with Crippen LogP contribution in [0.2, 0.25) is 0 Å². The number of aromatic nitrogens is 2. The molecule has 0 amide bonds. The lowest BCUT2D eigenvalue weighted by molar-refractivity contribution is -0.386. The van der Waals surface area contributed by atoms with Crippen LogP contribution in [0.4, 0.5) is 5.69 Å². The van der Waals surface area contributed by atoms with Gasteiger partial charge in [-0.3, -0.25) is 14.9 Å². The van der Waals surface area contributed by atoms with Crippen molar-refractivity contribution < 1.29 is 24.3 Å². The fourth-order valence-electron chi connectivity index (χ4n) is 3.33. The maximum atomic E-state index is 13.3. The third-order valence-electron chi connectivity index (χ3n) is 5.41. The van der Waals surface area contributed by atoms with E-state index in [2.05, 4.69) is 26.0 Å². The van der Waals surface area contributed by atoms with Gasteiger partial charge in [-0.15, -0.1) is 0 Å². The predicted molar refractivity (Wildman–Crippen MR) is 137 cm³/mol. The average molecular weight is 561 g/mol. The molecule has 1 aromatic heterocycles. The van der Waals surface area contributed by atoms with E-state index in [0.29, 0.717) is 27.6 Å². The lowest BCUT2D eigenvalue weighted by Crippen LogP contribution is -2.24. The Balaban J connectivity index is 2.18. The van der Waals surface area contributed by atoms with Crippen LogP contribution in [0.15, 0.2) is 44.7 Å². The van der Waals surface area contributed by atoms with E-state index in [1.165, 1.54) is 29.9 Å². The molecular weight excluding hydrogens is 536 g/mol. The number of benzene rings is 2. The summed E-state index contributed by atoms with van der Waals surface area (Å²) in [4.78, 5) is 40.3. The van der Waals surface area contributed by atoms with Crippen LogP contribution in [0.25, 0.3) is 10.9 Å². The Bertz CT molecular complexity index is 1400. The first-order valence-corrected chi connectivity index (χ1v) is 12.0. The van der Waals surface area contributed by atoms with E-state index in [4.69, 9.17) is 14.6 Å². The minimum atomic E-state index is -1.35. The zero-order valence-corrected chi connectivity index (χ0v) is 21.7. The first-order valence-electron chi connectivity index (χ1n) is 11.2. The van der Waals surface area contributed by atoms with E-state index in [-0.39, 0.29) is 35.1 Å². The van der Waals surface area contributed by atoms with Crippen molar-refractivity contribution >= 4 is 44.7 Å². The summed E-state index contributed by atoms with van der Waals surface area (Å²) in [6.07, 6.45) is 0.651. The molecule has 0 radical (unpaired) electrons. The number of ether oxygens (including phenoxy) is 2. The molecule has 0 saturated heterocycles. The van der Waals surface area contributed by atoms with E-state index >= 15 is 0 Å². The molecule has 0 fully saturated rings. The van der Waals surface area contributed by atoms with Gasteiger partial charge in [0.2, 0.25) is 5.75 Å². The predicted octanol–water partition coefficient (Wildman–Crippen LogP) is 4.71. The molecule has 11 nitrogen and oxygen atoms in total. The molecular formula is C24H25BrN4O7. The number of carboxylic acids is 1. The Labute approximate surface area is 214 Å². The summed E-state index contributed by atoms with van der Waals surface area (Å²) in [5.74, 6) is -1.25. The van der Waals surface area contributed by atoms with Crippen LogP contribution >= 0.6 is 15.9 Å². The summed E-state index contributed by atoms with van der Waals surface area (Å²) in [6, 6.07) is 7.81. The number of halogens is 1. The van der Waals surface area contributed by atoms with E-state index in [0.717, 1.165) is 0 Å². The molecule has 3 rings (SSSR count). The smallest absolute Gasteiger partial charge is 0.344 e. The molecule has 2 aromatic carbocycles. The zero-order valence-electron chi connectivity index (χ0n) is 20.1. The number of carboxylic acid groups (broad SMARTS) is 1. The molecule has 3 aromatic rings. The van der Waals surface area contributed by atoms with Crippen LogP contribution in [0, 0.1) is 10.1 Å². The molecule has 1 heterocycles. The van der Waals surface area contributed by atoms with Crippen LogP contribution in [0.1, 0.15) is 51.4 Å². The Morgan fingerprint density at radius 2 is 2.03 bits per heavy atom. The first kappa shape index (κ1) is 26.8. The number of hydrogen-bond donors (Lipinski definition) is 1. The number of hydrogen-bond acceptors (Lipinski definition) is 8. The van der Waals surface area contributed by atoms with Gasteiger partial charge in [0.1, 0.15) is 5.82 Å². The number of nitro groups is 1. The van der Waals surface area contributed by atoms with Gasteiger partial charge in [0, 0.05) is 22.0 Å². The second kappa shape index (κ2) is 11.3. The average Bonchev–Trinajstić information content (AvgIpc) is 2.84. The van der Waals surface area contributed by atoms with Crippen molar-refractivity contribution in [2.45, 2.75) is 46.1 Å². The molecule has 0 bridgehead atoms. The summed E-state index contributed by atoms with van der Waals surface area (Å²) in [6.45, 7) is 6.97. The van der Waals surface area contributed by atoms with Crippen molar-refractivity contribution in [2.24, 2.45) is 5.10 Å². The monoisotopic (exact) mass is 560 g/mol. The largest absolute Gasteiger partial charge is 0.490 e. The van der Waals surface area contributed by atoms with Gasteiger partial charge in [-0.2, -0.15) is 9.78 Å². The quantitative estimate of drug-likeness (QED) is 0.213. The maximum absolute atomic E-state index is 13.3. The molecule has 190 valence electrons. The van der Waals surface area contributed by atoms with Crippen LogP contribution in [0.3, 0.4) is 0 Å². The van der Waals surface area contributed by atoms with E-state index in [9.17, 15) is 19.7 Å². The number of nitro benzene ring substituents is 1. The van der Waals surface area contributed by atoms with Gasteiger partial charge in [-0.1, -0.05) is 29.8 Å². The highest BCUT2D eigenvalue weighted by Crippen LogP contribution is 2.39. The second-order valence-electron chi connectivity index (χ2n) is 7.96. The molecule has 0 aliphatic carbocycles. The number of carbonyl (C=O) groups is 1. The molecule has 2 atom stereocenters. The lowest BCUT2D eigenvalue weighted by atomic mass is 10.1. The topological polar surface area (TPSA) is 146 Å².